The SMILES string of the molecule is CCCCCOc1c2c(c(OCCCCC)c(OC)c1OC)CN(C)C(CCCC(C#N)(CC)c1ccc(OC)c(OC)c1)C2. The summed E-state index contributed by atoms with van der Waals surface area (Å²) in [5, 5.41) is 10.4. The van der Waals surface area contributed by atoms with Crippen molar-refractivity contribution in [1.82, 2.24) is 4.90 Å². The smallest absolute Gasteiger partial charge is 0.207 e. The van der Waals surface area contributed by atoms with Crippen molar-refractivity contribution in [2.75, 3.05) is 48.7 Å². The van der Waals surface area contributed by atoms with Crippen LogP contribution in [0.25, 0.3) is 0 Å². The molecule has 1 aliphatic heterocycles. The van der Waals surface area contributed by atoms with Crippen molar-refractivity contribution >= 4 is 0 Å². The molecule has 0 saturated carbocycles. The van der Waals surface area contributed by atoms with Gasteiger partial charge in [0.2, 0.25) is 11.5 Å². The van der Waals surface area contributed by atoms with Gasteiger partial charge in [-0.15, -0.1) is 0 Å². The highest BCUT2D eigenvalue weighted by molar-refractivity contribution is 5.68. The number of unbranched alkanes of at least 4 members (excludes halogenated alkanes) is 4. The third kappa shape index (κ3) is 8.49. The Morgan fingerprint density at radius 2 is 1.38 bits per heavy atom. The van der Waals surface area contributed by atoms with E-state index in [9.17, 15) is 5.26 Å². The lowest BCUT2D eigenvalue weighted by Gasteiger charge is -2.37. The zero-order chi connectivity index (χ0) is 32.8. The van der Waals surface area contributed by atoms with Gasteiger partial charge in [0.05, 0.1) is 53.1 Å². The normalized spacial score (nSPS) is 15.8. The maximum Gasteiger partial charge on any atom is 0.207 e. The summed E-state index contributed by atoms with van der Waals surface area (Å²) in [5.41, 5.74) is 2.64. The van der Waals surface area contributed by atoms with Crippen LogP contribution in [0.15, 0.2) is 18.2 Å². The van der Waals surface area contributed by atoms with Gasteiger partial charge in [-0.05, 0) is 69.7 Å². The van der Waals surface area contributed by atoms with E-state index in [1.165, 1.54) is 0 Å². The van der Waals surface area contributed by atoms with Gasteiger partial charge in [0.25, 0.3) is 0 Å². The summed E-state index contributed by atoms with van der Waals surface area (Å²) >= 11 is 0. The van der Waals surface area contributed by atoms with E-state index in [-0.39, 0.29) is 6.04 Å². The second kappa shape index (κ2) is 18.0. The molecule has 0 saturated heterocycles. The monoisotopic (exact) mass is 624 g/mol. The number of nitrogens with zero attached hydrogens (tertiary/aromatic N) is 2. The zero-order valence-electron chi connectivity index (χ0n) is 29.1. The van der Waals surface area contributed by atoms with Crippen molar-refractivity contribution in [2.45, 2.75) is 109 Å². The molecule has 2 atom stereocenters. The summed E-state index contributed by atoms with van der Waals surface area (Å²) < 4.78 is 35.8. The predicted octanol–water partition coefficient (Wildman–Crippen LogP) is 8.26. The Labute approximate surface area is 271 Å². The quantitative estimate of drug-likeness (QED) is 0.136. The number of nitriles is 1. The minimum absolute atomic E-state index is 0.278. The maximum atomic E-state index is 10.4. The van der Waals surface area contributed by atoms with Crippen LogP contribution < -0.4 is 28.4 Å². The minimum Gasteiger partial charge on any atom is -0.493 e. The zero-order valence-corrected chi connectivity index (χ0v) is 29.1. The Morgan fingerprint density at radius 3 is 1.89 bits per heavy atom. The molecular weight excluding hydrogens is 568 g/mol. The Morgan fingerprint density at radius 1 is 0.778 bits per heavy atom. The lowest BCUT2D eigenvalue weighted by molar-refractivity contribution is 0.183. The molecule has 2 unspecified atom stereocenters. The van der Waals surface area contributed by atoms with E-state index >= 15 is 0 Å². The van der Waals surface area contributed by atoms with Crippen LogP contribution in [-0.2, 0) is 18.4 Å². The Bertz CT molecular complexity index is 1260. The van der Waals surface area contributed by atoms with Crippen LogP contribution in [0.5, 0.6) is 34.5 Å². The fourth-order valence-corrected chi connectivity index (χ4v) is 6.46. The molecule has 250 valence electrons. The van der Waals surface area contributed by atoms with E-state index in [1.807, 2.05) is 18.2 Å². The molecule has 0 fully saturated rings. The van der Waals surface area contributed by atoms with Crippen LogP contribution in [0, 0.1) is 11.3 Å². The molecule has 0 amide bonds. The van der Waals surface area contributed by atoms with E-state index < -0.39 is 5.41 Å². The summed E-state index contributed by atoms with van der Waals surface area (Å²) in [6.45, 7) is 8.46. The van der Waals surface area contributed by atoms with Crippen LogP contribution in [0.4, 0.5) is 0 Å². The van der Waals surface area contributed by atoms with Gasteiger partial charge in [0, 0.05) is 23.7 Å². The van der Waals surface area contributed by atoms with E-state index in [1.54, 1.807) is 28.4 Å². The number of hydrogen-bond acceptors (Lipinski definition) is 8. The fraction of sp³-hybridized carbons (Fsp3) is 0.649. The Kier molecular flexibility index (Phi) is 14.5. The van der Waals surface area contributed by atoms with Gasteiger partial charge in [0.1, 0.15) is 0 Å². The number of methoxy groups -OCH3 is 4. The van der Waals surface area contributed by atoms with E-state index in [0.717, 1.165) is 98.9 Å². The summed E-state index contributed by atoms with van der Waals surface area (Å²) in [6, 6.07) is 8.80. The van der Waals surface area contributed by atoms with Gasteiger partial charge >= 0.3 is 0 Å². The van der Waals surface area contributed by atoms with Crippen LogP contribution in [0.2, 0.25) is 0 Å². The first kappa shape index (κ1) is 36.2. The highest BCUT2D eigenvalue weighted by atomic mass is 16.5. The van der Waals surface area contributed by atoms with Crippen molar-refractivity contribution < 1.29 is 28.4 Å². The van der Waals surface area contributed by atoms with Gasteiger partial charge in [-0.1, -0.05) is 52.5 Å². The van der Waals surface area contributed by atoms with E-state index in [2.05, 4.69) is 38.8 Å². The van der Waals surface area contributed by atoms with Crippen molar-refractivity contribution in [1.29, 1.82) is 5.26 Å². The number of rotatable bonds is 20. The molecular formula is C37H56N2O6. The molecule has 2 aromatic rings. The number of fused-ring (bicyclic) bond motifs is 1. The van der Waals surface area contributed by atoms with Crippen molar-refractivity contribution in [2.24, 2.45) is 0 Å². The maximum absolute atomic E-state index is 10.4. The number of benzene rings is 2. The average Bonchev–Trinajstić information content (AvgIpc) is 3.07. The molecule has 1 heterocycles. The molecule has 0 bridgehead atoms. The van der Waals surface area contributed by atoms with Gasteiger partial charge in [0.15, 0.2) is 23.0 Å². The lowest BCUT2D eigenvalue weighted by Crippen LogP contribution is -2.38. The molecule has 45 heavy (non-hydrogen) atoms. The summed E-state index contributed by atoms with van der Waals surface area (Å²) in [6.07, 6.45) is 10.6. The van der Waals surface area contributed by atoms with E-state index in [0.29, 0.717) is 42.6 Å². The molecule has 2 aromatic carbocycles. The first-order valence-electron chi connectivity index (χ1n) is 16.8. The molecule has 3 rings (SSSR count). The Balaban J connectivity index is 1.91. The Hall–Kier alpha value is -3.31. The first-order valence-corrected chi connectivity index (χ1v) is 16.8. The van der Waals surface area contributed by atoms with Gasteiger partial charge in [-0.2, -0.15) is 5.26 Å². The van der Waals surface area contributed by atoms with Crippen LogP contribution >= 0.6 is 0 Å². The topological polar surface area (TPSA) is 82.4 Å². The second-order valence-corrected chi connectivity index (χ2v) is 12.1. The van der Waals surface area contributed by atoms with E-state index in [4.69, 9.17) is 28.4 Å². The highest BCUT2D eigenvalue weighted by Gasteiger charge is 2.36. The van der Waals surface area contributed by atoms with Gasteiger partial charge < -0.3 is 28.4 Å². The largest absolute Gasteiger partial charge is 0.493 e. The lowest BCUT2D eigenvalue weighted by atomic mass is 9.75. The number of ether oxygens (including phenoxy) is 6. The molecule has 8 nitrogen and oxygen atoms in total. The van der Waals surface area contributed by atoms with Crippen LogP contribution in [0.1, 0.15) is 102 Å². The number of hydrogen-bond donors (Lipinski definition) is 0. The number of likely N-dealkylation sites (N-methyl/N-ethyl adjacent to an activating group) is 1. The molecule has 0 radical (unpaired) electrons. The summed E-state index contributed by atoms with van der Waals surface area (Å²) in [4.78, 5) is 2.41. The highest BCUT2D eigenvalue weighted by Crippen LogP contribution is 2.52. The van der Waals surface area contributed by atoms with Crippen LogP contribution in [-0.4, -0.2) is 59.6 Å². The third-order valence-corrected chi connectivity index (χ3v) is 9.29. The van der Waals surface area contributed by atoms with Gasteiger partial charge in [-0.25, -0.2) is 0 Å². The standard InChI is InChI=1S/C37H56N2O6/c1-9-12-14-21-44-33-29-24-28(17-16-20-37(11-3,26-38)27-18-19-31(40-5)32(23-27)41-6)39(4)25-30(29)34(45-22-15-13-10-2)36(43-8)35(33)42-7/h18-19,23,28H,9-17,20-22,24-25H2,1-8H3. The fourth-order valence-electron chi connectivity index (χ4n) is 6.46. The first-order chi connectivity index (χ1) is 21.9. The average molecular weight is 625 g/mol. The summed E-state index contributed by atoms with van der Waals surface area (Å²) in [5.74, 6) is 4.10. The molecule has 0 N–H and O–H groups in total. The van der Waals surface area contributed by atoms with Crippen molar-refractivity contribution in [3.05, 3.63) is 34.9 Å². The summed E-state index contributed by atoms with van der Waals surface area (Å²) in [7, 11) is 8.79. The molecule has 0 aliphatic carbocycles. The molecule has 8 heteroatoms. The van der Waals surface area contributed by atoms with Crippen LogP contribution in [0.3, 0.4) is 0 Å². The van der Waals surface area contributed by atoms with Crippen molar-refractivity contribution in [3.8, 4) is 40.6 Å². The van der Waals surface area contributed by atoms with Crippen molar-refractivity contribution in [3.63, 3.8) is 0 Å². The predicted molar refractivity (Wildman–Crippen MR) is 180 cm³/mol. The molecule has 0 aromatic heterocycles. The second-order valence-electron chi connectivity index (χ2n) is 12.1. The molecule has 1 aliphatic rings. The molecule has 0 spiro atoms. The minimum atomic E-state index is -0.603. The third-order valence-electron chi connectivity index (χ3n) is 9.29. The van der Waals surface area contributed by atoms with Gasteiger partial charge in [-0.3, -0.25) is 4.90 Å².